The van der Waals surface area contributed by atoms with Gasteiger partial charge in [-0.25, -0.2) is 8.42 Å². The molecule has 0 heterocycles. The summed E-state index contributed by atoms with van der Waals surface area (Å²) >= 11 is 0. The van der Waals surface area contributed by atoms with E-state index >= 15 is 0 Å². The Morgan fingerprint density at radius 1 is 1.33 bits per heavy atom. The van der Waals surface area contributed by atoms with Gasteiger partial charge in [-0.05, 0) is 18.6 Å². The molecular weight excluding hydrogens is 212 g/mol. The van der Waals surface area contributed by atoms with E-state index in [4.69, 9.17) is 11.5 Å². The monoisotopic (exact) mass is 226 g/mol. The molecule has 0 aromatic heterocycles. The number of hydrogen-bond acceptors (Lipinski definition) is 4. The maximum Gasteiger partial charge on any atom is 0.183 e. The Labute approximate surface area is 89.2 Å². The highest BCUT2D eigenvalue weighted by Gasteiger charge is 2.58. The fraction of sp³-hybridized carbons (Fsp3) is 0.400. The first-order valence-electron chi connectivity index (χ1n) is 4.78. The summed E-state index contributed by atoms with van der Waals surface area (Å²) in [7, 11) is -3.29. The van der Waals surface area contributed by atoms with Crippen LogP contribution >= 0.6 is 0 Å². The predicted octanol–water partition coefficient (Wildman–Crippen LogP) is -0.111. The Morgan fingerprint density at radius 2 is 1.93 bits per heavy atom. The van der Waals surface area contributed by atoms with E-state index in [0.717, 1.165) is 0 Å². The fourth-order valence-electron chi connectivity index (χ4n) is 1.69. The van der Waals surface area contributed by atoms with Crippen molar-refractivity contribution < 1.29 is 8.42 Å². The Hall–Kier alpha value is -0.910. The minimum atomic E-state index is -3.29. The molecule has 0 amide bonds. The normalized spacial score (nSPS) is 30.1. The Kier molecular flexibility index (Phi) is 2.33. The molecule has 1 aliphatic carbocycles. The van der Waals surface area contributed by atoms with Gasteiger partial charge in [0.25, 0.3) is 0 Å². The molecule has 0 spiro atoms. The molecular formula is C10H14N2O2S. The summed E-state index contributed by atoms with van der Waals surface area (Å²) in [5, 5.41) is -0.516. The number of benzene rings is 1. The van der Waals surface area contributed by atoms with Gasteiger partial charge in [-0.1, -0.05) is 18.2 Å². The van der Waals surface area contributed by atoms with Gasteiger partial charge in [0.05, 0.1) is 10.1 Å². The van der Waals surface area contributed by atoms with Gasteiger partial charge in [0.2, 0.25) is 0 Å². The quantitative estimate of drug-likeness (QED) is 0.753. The van der Waals surface area contributed by atoms with Crippen LogP contribution in [0.2, 0.25) is 0 Å². The molecule has 0 unspecified atom stereocenters. The van der Waals surface area contributed by atoms with E-state index in [0.29, 0.717) is 11.3 Å². The lowest BCUT2D eigenvalue weighted by molar-refractivity contribution is 0.586. The number of hydrogen-bond donors (Lipinski definition) is 2. The average Bonchev–Trinajstić information content (AvgIpc) is 2.94. The third kappa shape index (κ3) is 1.67. The van der Waals surface area contributed by atoms with E-state index in [2.05, 4.69) is 0 Å². The standard InChI is InChI=1S/C10H14N2O2S/c11-7-10(12)6-9(10)15(13,14)8-4-2-1-3-5-8/h1-5,9H,6-7,11-12H2/t9-,10-/m0/s1. The molecule has 1 fully saturated rings. The maximum absolute atomic E-state index is 12.0. The third-order valence-electron chi connectivity index (χ3n) is 2.87. The second kappa shape index (κ2) is 3.30. The summed E-state index contributed by atoms with van der Waals surface area (Å²) < 4.78 is 24.1. The van der Waals surface area contributed by atoms with Gasteiger partial charge in [0, 0.05) is 12.1 Å². The van der Waals surface area contributed by atoms with Crippen molar-refractivity contribution in [3.05, 3.63) is 30.3 Å². The van der Waals surface area contributed by atoms with Crippen LogP contribution in [0, 0.1) is 0 Å². The maximum atomic E-state index is 12.0. The summed E-state index contributed by atoms with van der Waals surface area (Å²) in [6.45, 7) is 0.212. The van der Waals surface area contributed by atoms with Crippen LogP contribution in [0.25, 0.3) is 0 Å². The first-order chi connectivity index (χ1) is 7.00. The van der Waals surface area contributed by atoms with Gasteiger partial charge in [0.15, 0.2) is 9.84 Å². The highest BCUT2D eigenvalue weighted by molar-refractivity contribution is 7.92. The second-order valence-electron chi connectivity index (χ2n) is 3.99. The topological polar surface area (TPSA) is 86.2 Å². The third-order valence-corrected chi connectivity index (χ3v) is 5.19. The minimum absolute atomic E-state index is 0.212. The molecule has 2 rings (SSSR count). The Morgan fingerprint density at radius 3 is 2.40 bits per heavy atom. The Balaban J connectivity index is 2.32. The summed E-state index contributed by atoms with van der Waals surface area (Å²) in [6.07, 6.45) is 0.459. The molecule has 2 atom stereocenters. The summed E-state index contributed by atoms with van der Waals surface area (Å²) in [6, 6.07) is 8.37. The van der Waals surface area contributed by atoms with Crippen molar-refractivity contribution in [1.82, 2.24) is 0 Å². The van der Waals surface area contributed by atoms with Crippen LogP contribution in [0.15, 0.2) is 35.2 Å². The largest absolute Gasteiger partial charge is 0.329 e. The highest BCUT2D eigenvalue weighted by Crippen LogP contribution is 2.41. The van der Waals surface area contributed by atoms with Gasteiger partial charge in [-0.3, -0.25) is 0 Å². The van der Waals surface area contributed by atoms with Crippen LogP contribution in [0.1, 0.15) is 6.42 Å². The van der Waals surface area contributed by atoms with Crippen molar-refractivity contribution in [1.29, 1.82) is 0 Å². The molecule has 1 saturated carbocycles. The van der Waals surface area contributed by atoms with Crippen molar-refractivity contribution in [3.8, 4) is 0 Å². The lowest BCUT2D eigenvalue weighted by Crippen LogP contribution is -2.38. The molecule has 0 radical (unpaired) electrons. The minimum Gasteiger partial charge on any atom is -0.329 e. The van der Waals surface area contributed by atoms with Gasteiger partial charge in [0.1, 0.15) is 0 Å². The van der Waals surface area contributed by atoms with Crippen LogP contribution in [0.3, 0.4) is 0 Å². The summed E-state index contributed by atoms with van der Waals surface area (Å²) in [5.41, 5.74) is 10.5. The summed E-state index contributed by atoms with van der Waals surface area (Å²) in [5.74, 6) is 0. The zero-order chi connectivity index (χ0) is 11.1. The van der Waals surface area contributed by atoms with Gasteiger partial charge in [-0.2, -0.15) is 0 Å². The van der Waals surface area contributed by atoms with Crippen molar-refractivity contribution in [2.45, 2.75) is 22.1 Å². The molecule has 0 bridgehead atoms. The van der Waals surface area contributed by atoms with Crippen LogP contribution in [0.4, 0.5) is 0 Å². The molecule has 15 heavy (non-hydrogen) atoms. The van der Waals surface area contributed by atoms with Crippen molar-refractivity contribution in [2.24, 2.45) is 11.5 Å². The van der Waals surface area contributed by atoms with E-state index in [1.54, 1.807) is 30.3 Å². The highest BCUT2D eigenvalue weighted by atomic mass is 32.2. The van der Waals surface area contributed by atoms with Crippen molar-refractivity contribution in [3.63, 3.8) is 0 Å². The number of nitrogens with two attached hydrogens (primary N) is 2. The van der Waals surface area contributed by atoms with Crippen LogP contribution in [-0.2, 0) is 9.84 Å². The Bertz CT molecular complexity index is 458. The van der Waals surface area contributed by atoms with Crippen molar-refractivity contribution >= 4 is 9.84 Å². The molecule has 0 aliphatic heterocycles. The van der Waals surface area contributed by atoms with E-state index < -0.39 is 20.6 Å². The predicted molar refractivity (Wildman–Crippen MR) is 58.0 cm³/mol. The first-order valence-corrected chi connectivity index (χ1v) is 6.33. The zero-order valence-electron chi connectivity index (χ0n) is 8.26. The smallest absolute Gasteiger partial charge is 0.183 e. The first kappa shape index (κ1) is 10.6. The van der Waals surface area contributed by atoms with Crippen LogP contribution in [-0.4, -0.2) is 25.8 Å². The summed E-state index contributed by atoms with van der Waals surface area (Å²) in [4.78, 5) is 0.329. The SMILES string of the molecule is NC[C@@]1(N)C[C@@H]1S(=O)(=O)c1ccccc1. The van der Waals surface area contributed by atoms with E-state index in [-0.39, 0.29) is 6.54 Å². The van der Waals surface area contributed by atoms with Gasteiger partial charge in [-0.15, -0.1) is 0 Å². The van der Waals surface area contributed by atoms with Crippen LogP contribution < -0.4 is 11.5 Å². The number of sulfone groups is 1. The van der Waals surface area contributed by atoms with E-state index in [1.165, 1.54) is 0 Å². The van der Waals surface area contributed by atoms with E-state index in [9.17, 15) is 8.42 Å². The average molecular weight is 226 g/mol. The lowest BCUT2D eigenvalue weighted by Gasteiger charge is -2.08. The van der Waals surface area contributed by atoms with E-state index in [1.807, 2.05) is 0 Å². The van der Waals surface area contributed by atoms with Gasteiger partial charge < -0.3 is 11.5 Å². The molecule has 4 N–H and O–H groups in total. The fourth-order valence-corrected chi connectivity index (χ4v) is 3.80. The molecule has 4 nitrogen and oxygen atoms in total. The molecule has 1 aromatic carbocycles. The molecule has 1 aromatic rings. The lowest BCUT2D eigenvalue weighted by atomic mass is 10.3. The molecule has 1 aliphatic rings. The molecule has 5 heteroatoms. The van der Waals surface area contributed by atoms with Crippen molar-refractivity contribution in [2.75, 3.05) is 6.54 Å². The zero-order valence-corrected chi connectivity index (χ0v) is 9.07. The van der Waals surface area contributed by atoms with Crippen LogP contribution in [0.5, 0.6) is 0 Å². The molecule has 0 saturated heterocycles. The second-order valence-corrected chi connectivity index (χ2v) is 6.12. The van der Waals surface area contributed by atoms with Gasteiger partial charge >= 0.3 is 0 Å². The molecule has 82 valence electrons. The number of rotatable bonds is 3.